The van der Waals surface area contributed by atoms with E-state index in [1.165, 1.54) is 12.8 Å². The summed E-state index contributed by atoms with van der Waals surface area (Å²) in [4.78, 5) is 25.2. The number of hydrogen-bond acceptors (Lipinski definition) is 3. The quantitative estimate of drug-likeness (QED) is 0.400. The number of terminal acetylenes is 1. The molecule has 0 unspecified atom stereocenters. The van der Waals surface area contributed by atoms with Gasteiger partial charge in [0, 0.05) is 47.7 Å². The molecule has 0 saturated heterocycles. The van der Waals surface area contributed by atoms with Gasteiger partial charge in [0.15, 0.2) is 0 Å². The molecule has 1 aliphatic carbocycles. The van der Waals surface area contributed by atoms with E-state index in [9.17, 15) is 9.59 Å². The van der Waals surface area contributed by atoms with Crippen molar-refractivity contribution in [3.8, 4) is 18.1 Å². The first-order valence-corrected chi connectivity index (χ1v) is 10.3. The Morgan fingerprint density at radius 3 is 2.70 bits per heavy atom. The van der Waals surface area contributed by atoms with Crippen LogP contribution in [0.3, 0.4) is 0 Å². The number of carbonyl (C=O) groups is 2. The highest BCUT2D eigenvalue weighted by Crippen LogP contribution is 2.38. The van der Waals surface area contributed by atoms with E-state index in [4.69, 9.17) is 11.2 Å². The van der Waals surface area contributed by atoms with Gasteiger partial charge in [0.05, 0.1) is 12.7 Å². The number of ether oxygens (including phenoxy) is 1. The maximum atomic E-state index is 13.1. The van der Waals surface area contributed by atoms with Crippen LogP contribution in [0.5, 0.6) is 5.75 Å². The van der Waals surface area contributed by atoms with Crippen molar-refractivity contribution in [2.75, 3.05) is 20.2 Å². The first kappa shape index (κ1) is 21.5. The molecular formula is C24H29N3O3. The molecule has 1 fully saturated rings. The second kappa shape index (κ2) is 9.53. The highest BCUT2D eigenvalue weighted by atomic mass is 16.5. The smallest absolute Gasteiger partial charge is 0.254 e. The summed E-state index contributed by atoms with van der Waals surface area (Å²) < 4.78 is 7.68. The maximum absolute atomic E-state index is 13.1. The van der Waals surface area contributed by atoms with E-state index in [0.29, 0.717) is 30.3 Å². The monoisotopic (exact) mass is 407 g/mol. The van der Waals surface area contributed by atoms with Crippen molar-refractivity contribution in [1.82, 2.24) is 15.2 Å². The number of nitrogens with one attached hydrogen (secondary N) is 2. The lowest BCUT2D eigenvalue weighted by Gasteiger charge is -2.16. The van der Waals surface area contributed by atoms with Crippen LogP contribution in [-0.4, -0.2) is 36.6 Å². The topological polar surface area (TPSA) is 72.4 Å². The normalized spacial score (nSPS) is 13.8. The molecule has 0 bridgehead atoms. The molecule has 2 amide bonds. The Kier molecular flexibility index (Phi) is 6.83. The Morgan fingerprint density at radius 1 is 1.30 bits per heavy atom. The fourth-order valence-electron chi connectivity index (χ4n) is 4.20. The molecule has 1 saturated carbocycles. The zero-order valence-corrected chi connectivity index (χ0v) is 17.7. The van der Waals surface area contributed by atoms with Crippen LogP contribution in [0.4, 0.5) is 0 Å². The molecule has 1 aromatic heterocycles. The predicted octanol–water partition coefficient (Wildman–Crippen LogP) is 3.50. The lowest BCUT2D eigenvalue weighted by molar-refractivity contribution is -0.117. The first-order valence-electron chi connectivity index (χ1n) is 10.3. The molecule has 158 valence electrons. The van der Waals surface area contributed by atoms with Crippen LogP contribution in [0.25, 0.3) is 10.9 Å². The molecule has 2 N–H and O–H groups in total. The molecule has 0 atom stereocenters. The summed E-state index contributed by atoms with van der Waals surface area (Å²) in [6, 6.07) is 6.26. The van der Waals surface area contributed by atoms with Gasteiger partial charge in [0.25, 0.3) is 5.91 Å². The summed E-state index contributed by atoms with van der Waals surface area (Å²) in [6.07, 6.45) is 10.3. The van der Waals surface area contributed by atoms with Crippen LogP contribution < -0.4 is 15.4 Å². The zero-order valence-electron chi connectivity index (χ0n) is 17.7. The second-order valence-corrected chi connectivity index (χ2v) is 7.65. The van der Waals surface area contributed by atoms with E-state index < -0.39 is 0 Å². The Morgan fingerprint density at radius 2 is 2.03 bits per heavy atom. The molecule has 0 radical (unpaired) electrons. The summed E-state index contributed by atoms with van der Waals surface area (Å²) in [6.45, 7) is 6.22. The second-order valence-electron chi connectivity index (χ2n) is 7.65. The molecule has 30 heavy (non-hydrogen) atoms. The third-order valence-corrected chi connectivity index (χ3v) is 5.71. The standard InChI is InChI=1S/C24H29N3O3/c1-5-6-13-25-23(28)16(2)15-26-24(29)22-17(3)27(18-9-7-8-10-18)21-12-11-19(30-4)14-20(21)22/h1,11-12,14,18H,2,6-10,13,15H2,3-4H3,(H,25,28)(H,26,29). The zero-order chi connectivity index (χ0) is 21.7. The van der Waals surface area contributed by atoms with E-state index in [2.05, 4.69) is 27.7 Å². The van der Waals surface area contributed by atoms with Crippen molar-refractivity contribution in [1.29, 1.82) is 0 Å². The van der Waals surface area contributed by atoms with Gasteiger partial charge in [-0.3, -0.25) is 9.59 Å². The largest absolute Gasteiger partial charge is 0.497 e. The molecule has 6 nitrogen and oxygen atoms in total. The van der Waals surface area contributed by atoms with E-state index in [0.717, 1.165) is 29.4 Å². The van der Waals surface area contributed by atoms with Gasteiger partial charge in [-0.2, -0.15) is 0 Å². The molecule has 6 heteroatoms. The van der Waals surface area contributed by atoms with Crippen molar-refractivity contribution < 1.29 is 14.3 Å². The van der Waals surface area contributed by atoms with Gasteiger partial charge in [-0.1, -0.05) is 19.4 Å². The van der Waals surface area contributed by atoms with Crippen LogP contribution in [0, 0.1) is 19.3 Å². The number of fused-ring (bicyclic) bond motifs is 1. The lowest BCUT2D eigenvalue weighted by atomic mass is 10.1. The molecular weight excluding hydrogens is 378 g/mol. The summed E-state index contributed by atoms with van der Waals surface area (Å²) in [7, 11) is 1.62. The van der Waals surface area contributed by atoms with Crippen LogP contribution in [0.1, 0.15) is 54.2 Å². The van der Waals surface area contributed by atoms with Crippen molar-refractivity contribution in [2.24, 2.45) is 0 Å². The van der Waals surface area contributed by atoms with Gasteiger partial charge in [0.2, 0.25) is 5.91 Å². The molecule has 1 heterocycles. The molecule has 3 rings (SSSR count). The Hall–Kier alpha value is -3.20. The van der Waals surface area contributed by atoms with Crippen molar-refractivity contribution in [3.05, 3.63) is 41.6 Å². The van der Waals surface area contributed by atoms with Crippen molar-refractivity contribution >= 4 is 22.7 Å². The Balaban J connectivity index is 1.84. The van der Waals surface area contributed by atoms with Crippen molar-refractivity contribution in [3.63, 3.8) is 0 Å². The van der Waals surface area contributed by atoms with E-state index in [1.54, 1.807) is 7.11 Å². The number of hydrogen-bond donors (Lipinski definition) is 2. The number of benzene rings is 1. The summed E-state index contributed by atoms with van der Waals surface area (Å²) in [5, 5.41) is 6.40. The maximum Gasteiger partial charge on any atom is 0.254 e. The van der Waals surface area contributed by atoms with Gasteiger partial charge < -0.3 is 19.9 Å². The van der Waals surface area contributed by atoms with Crippen LogP contribution in [0.2, 0.25) is 0 Å². The fraction of sp³-hybridized carbons (Fsp3) is 0.417. The third-order valence-electron chi connectivity index (χ3n) is 5.71. The summed E-state index contributed by atoms with van der Waals surface area (Å²) >= 11 is 0. The molecule has 0 spiro atoms. The Bertz CT molecular complexity index is 1010. The summed E-state index contributed by atoms with van der Waals surface area (Å²) in [5.41, 5.74) is 2.88. The van der Waals surface area contributed by atoms with E-state index in [1.807, 2.05) is 25.1 Å². The number of nitrogens with zero attached hydrogens (tertiary/aromatic N) is 1. The van der Waals surface area contributed by atoms with E-state index in [-0.39, 0.29) is 23.9 Å². The molecule has 2 aromatic rings. The third kappa shape index (κ3) is 4.35. The minimum Gasteiger partial charge on any atom is -0.497 e. The fourth-order valence-corrected chi connectivity index (χ4v) is 4.20. The van der Waals surface area contributed by atoms with E-state index >= 15 is 0 Å². The summed E-state index contributed by atoms with van der Waals surface area (Å²) in [5.74, 6) is 2.64. The van der Waals surface area contributed by atoms with Crippen LogP contribution in [-0.2, 0) is 4.79 Å². The Labute approximate surface area is 177 Å². The number of rotatable bonds is 8. The average Bonchev–Trinajstić information content (AvgIpc) is 3.36. The highest BCUT2D eigenvalue weighted by molar-refractivity contribution is 6.09. The van der Waals surface area contributed by atoms with Gasteiger partial charge in [-0.25, -0.2) is 0 Å². The van der Waals surface area contributed by atoms with Gasteiger partial charge in [0.1, 0.15) is 5.75 Å². The van der Waals surface area contributed by atoms with Gasteiger partial charge in [-0.15, -0.1) is 12.3 Å². The highest BCUT2D eigenvalue weighted by Gasteiger charge is 2.26. The molecule has 1 aliphatic rings. The number of carbonyl (C=O) groups excluding carboxylic acids is 2. The number of aromatic nitrogens is 1. The van der Waals surface area contributed by atoms with Gasteiger partial charge in [-0.05, 0) is 38.0 Å². The lowest BCUT2D eigenvalue weighted by Crippen LogP contribution is -2.33. The number of methoxy groups -OCH3 is 1. The molecule has 1 aromatic carbocycles. The van der Waals surface area contributed by atoms with Crippen LogP contribution in [0.15, 0.2) is 30.4 Å². The average molecular weight is 408 g/mol. The van der Waals surface area contributed by atoms with Crippen molar-refractivity contribution in [2.45, 2.75) is 45.1 Å². The SMILES string of the molecule is C#CCCNC(=O)C(=C)CNC(=O)c1c(C)n(C2CCCC2)c2ccc(OC)cc12. The molecule has 0 aliphatic heterocycles. The predicted molar refractivity (Wildman–Crippen MR) is 119 cm³/mol. The minimum absolute atomic E-state index is 0.0697. The van der Waals surface area contributed by atoms with Crippen LogP contribution >= 0.6 is 0 Å². The number of amides is 2. The van der Waals surface area contributed by atoms with Gasteiger partial charge >= 0.3 is 0 Å². The minimum atomic E-state index is -0.308. The first-order chi connectivity index (χ1) is 14.5.